The number of carbonyl (C=O) groups excluding carboxylic acids is 1. The number of rotatable bonds is 4. The average molecular weight is 302 g/mol. The molecule has 0 saturated heterocycles. The highest BCUT2D eigenvalue weighted by Gasteiger charge is 2.13. The van der Waals surface area contributed by atoms with Gasteiger partial charge in [0.1, 0.15) is 5.03 Å². The van der Waals surface area contributed by atoms with Crippen LogP contribution in [0.3, 0.4) is 0 Å². The molecule has 21 heavy (non-hydrogen) atoms. The number of ether oxygens (including phenoxy) is 1. The molecule has 0 saturated carbocycles. The zero-order valence-electron chi connectivity index (χ0n) is 12.3. The Morgan fingerprint density at radius 2 is 2.10 bits per heavy atom. The third kappa shape index (κ3) is 3.76. The van der Waals surface area contributed by atoms with Crippen LogP contribution in [-0.2, 0) is 4.74 Å². The maximum absolute atomic E-state index is 11.9. The number of nitrogens with zero attached hydrogens (tertiary/aromatic N) is 1. The lowest BCUT2D eigenvalue weighted by atomic mass is 10.2. The molecule has 2 N–H and O–H groups in total. The maximum atomic E-state index is 11.9. The number of hydrogen-bond donors (Lipinski definition) is 1. The van der Waals surface area contributed by atoms with Crippen LogP contribution in [0.25, 0.3) is 0 Å². The van der Waals surface area contributed by atoms with Gasteiger partial charge in [-0.15, -0.1) is 0 Å². The van der Waals surface area contributed by atoms with Crippen LogP contribution in [0.5, 0.6) is 0 Å². The highest BCUT2D eigenvalue weighted by Crippen LogP contribution is 2.31. The molecular weight excluding hydrogens is 284 g/mol. The Labute approximate surface area is 128 Å². The largest absolute Gasteiger partial charge is 0.462 e. The van der Waals surface area contributed by atoms with E-state index in [4.69, 9.17) is 10.5 Å². The summed E-state index contributed by atoms with van der Waals surface area (Å²) in [5, 5.41) is 0.723. The van der Waals surface area contributed by atoms with Gasteiger partial charge in [-0.3, -0.25) is 0 Å². The van der Waals surface area contributed by atoms with E-state index in [1.54, 1.807) is 13.0 Å². The van der Waals surface area contributed by atoms with Crippen LogP contribution in [0, 0.1) is 13.8 Å². The normalized spacial score (nSPS) is 10.4. The summed E-state index contributed by atoms with van der Waals surface area (Å²) in [6, 6.07) is 7.92. The molecule has 0 unspecified atom stereocenters. The number of benzene rings is 1. The van der Waals surface area contributed by atoms with Gasteiger partial charge >= 0.3 is 5.97 Å². The second-order valence-electron chi connectivity index (χ2n) is 4.70. The van der Waals surface area contributed by atoms with Crippen molar-refractivity contribution in [2.45, 2.75) is 30.7 Å². The van der Waals surface area contributed by atoms with Gasteiger partial charge in [-0.25, -0.2) is 9.78 Å². The molecule has 0 fully saturated rings. The summed E-state index contributed by atoms with van der Waals surface area (Å²) in [5.74, 6) is -0.416. The van der Waals surface area contributed by atoms with Crippen LogP contribution < -0.4 is 5.73 Å². The van der Waals surface area contributed by atoms with Gasteiger partial charge < -0.3 is 10.5 Å². The molecule has 2 aromatic rings. The fraction of sp³-hybridized carbons (Fsp3) is 0.250. The number of anilines is 1. The van der Waals surface area contributed by atoms with Gasteiger partial charge in [-0.05, 0) is 44.0 Å². The Kier molecular flexibility index (Phi) is 4.85. The number of pyridine rings is 1. The van der Waals surface area contributed by atoms with Crippen molar-refractivity contribution in [3.8, 4) is 0 Å². The molecule has 0 spiro atoms. The summed E-state index contributed by atoms with van der Waals surface area (Å²) < 4.78 is 5.00. The van der Waals surface area contributed by atoms with Gasteiger partial charge in [0, 0.05) is 4.90 Å². The van der Waals surface area contributed by atoms with E-state index in [0.29, 0.717) is 17.9 Å². The molecular formula is C16H18N2O2S. The highest BCUT2D eigenvalue weighted by molar-refractivity contribution is 7.99. The van der Waals surface area contributed by atoms with Crippen molar-refractivity contribution in [2.75, 3.05) is 12.3 Å². The topological polar surface area (TPSA) is 65.2 Å². The third-order valence-electron chi connectivity index (χ3n) is 2.96. The van der Waals surface area contributed by atoms with Gasteiger partial charge in [0.05, 0.1) is 24.1 Å². The van der Waals surface area contributed by atoms with Crippen LogP contribution in [-0.4, -0.2) is 17.6 Å². The summed E-state index contributed by atoms with van der Waals surface area (Å²) in [5.41, 5.74) is 8.84. The van der Waals surface area contributed by atoms with E-state index in [-0.39, 0.29) is 0 Å². The molecule has 4 nitrogen and oxygen atoms in total. The second kappa shape index (κ2) is 6.63. The Bertz CT molecular complexity index is 671. The smallest absolute Gasteiger partial charge is 0.340 e. The SMILES string of the molecule is CCOC(=O)c1cc(Sc2cc(C)ccc2C)ncc1N. The first-order valence-corrected chi connectivity index (χ1v) is 7.50. The number of nitrogens with two attached hydrogens (primary N) is 1. The van der Waals surface area contributed by atoms with Gasteiger partial charge in [0.25, 0.3) is 0 Å². The monoisotopic (exact) mass is 302 g/mol. The van der Waals surface area contributed by atoms with E-state index in [1.807, 2.05) is 13.8 Å². The quantitative estimate of drug-likeness (QED) is 0.874. The van der Waals surface area contributed by atoms with E-state index in [1.165, 1.54) is 29.1 Å². The van der Waals surface area contributed by atoms with E-state index < -0.39 is 5.97 Å². The fourth-order valence-electron chi connectivity index (χ4n) is 1.82. The van der Waals surface area contributed by atoms with E-state index in [2.05, 4.69) is 23.2 Å². The Morgan fingerprint density at radius 3 is 2.81 bits per heavy atom. The summed E-state index contributed by atoms with van der Waals surface area (Å²) in [4.78, 5) is 17.2. The fourth-order valence-corrected chi connectivity index (χ4v) is 2.80. The van der Waals surface area contributed by atoms with Gasteiger partial charge in [0.15, 0.2) is 0 Å². The van der Waals surface area contributed by atoms with Crippen molar-refractivity contribution >= 4 is 23.4 Å². The summed E-state index contributed by atoms with van der Waals surface area (Å²) in [7, 11) is 0. The molecule has 5 heteroatoms. The minimum Gasteiger partial charge on any atom is -0.462 e. The van der Waals surface area contributed by atoms with Crippen LogP contribution in [0.4, 0.5) is 5.69 Å². The average Bonchev–Trinajstić information content (AvgIpc) is 2.45. The van der Waals surface area contributed by atoms with E-state index in [9.17, 15) is 4.79 Å². The van der Waals surface area contributed by atoms with Crippen molar-refractivity contribution in [3.63, 3.8) is 0 Å². The van der Waals surface area contributed by atoms with Crippen LogP contribution in [0.1, 0.15) is 28.4 Å². The van der Waals surface area contributed by atoms with Crippen LogP contribution in [0.15, 0.2) is 40.4 Å². The zero-order chi connectivity index (χ0) is 15.4. The number of esters is 1. The lowest BCUT2D eigenvalue weighted by Gasteiger charge is -2.09. The molecule has 0 atom stereocenters. The molecule has 2 rings (SSSR count). The number of hydrogen-bond acceptors (Lipinski definition) is 5. The maximum Gasteiger partial charge on any atom is 0.340 e. The van der Waals surface area contributed by atoms with E-state index >= 15 is 0 Å². The number of carbonyl (C=O) groups is 1. The zero-order valence-corrected chi connectivity index (χ0v) is 13.2. The Hall–Kier alpha value is -2.01. The summed E-state index contributed by atoms with van der Waals surface area (Å²) in [6.45, 7) is 6.18. The molecule has 0 bridgehead atoms. The van der Waals surface area contributed by atoms with Crippen LogP contribution in [0.2, 0.25) is 0 Å². The lowest BCUT2D eigenvalue weighted by Crippen LogP contribution is -2.08. The molecule has 0 aliphatic rings. The van der Waals surface area contributed by atoms with Crippen molar-refractivity contribution in [3.05, 3.63) is 47.2 Å². The van der Waals surface area contributed by atoms with Crippen molar-refractivity contribution in [1.29, 1.82) is 0 Å². The molecule has 110 valence electrons. The third-order valence-corrected chi connectivity index (χ3v) is 4.06. The molecule has 1 aromatic heterocycles. The van der Waals surface area contributed by atoms with E-state index in [0.717, 1.165) is 9.92 Å². The van der Waals surface area contributed by atoms with Gasteiger partial charge in [0.2, 0.25) is 0 Å². The van der Waals surface area contributed by atoms with Crippen molar-refractivity contribution < 1.29 is 9.53 Å². The lowest BCUT2D eigenvalue weighted by molar-refractivity contribution is 0.0527. The first-order chi connectivity index (χ1) is 10.0. The molecule has 0 aliphatic carbocycles. The highest BCUT2D eigenvalue weighted by atomic mass is 32.2. The molecule has 1 aromatic carbocycles. The molecule has 0 aliphatic heterocycles. The summed E-state index contributed by atoms with van der Waals surface area (Å²) >= 11 is 1.51. The number of aryl methyl sites for hydroxylation is 2. The Morgan fingerprint density at radius 1 is 1.33 bits per heavy atom. The molecule has 1 heterocycles. The molecule has 0 radical (unpaired) electrons. The predicted octanol–water partition coefficient (Wildman–Crippen LogP) is 3.61. The van der Waals surface area contributed by atoms with Gasteiger partial charge in [-0.1, -0.05) is 23.9 Å². The second-order valence-corrected chi connectivity index (χ2v) is 5.76. The summed E-state index contributed by atoms with van der Waals surface area (Å²) in [6.07, 6.45) is 1.50. The van der Waals surface area contributed by atoms with Crippen molar-refractivity contribution in [2.24, 2.45) is 0 Å². The predicted molar refractivity (Wildman–Crippen MR) is 84.6 cm³/mol. The standard InChI is InChI=1S/C16H18N2O2S/c1-4-20-16(19)12-8-15(18-9-13(12)17)21-14-7-10(2)5-6-11(14)3/h5-9H,4,17H2,1-3H3. The van der Waals surface area contributed by atoms with Crippen LogP contribution >= 0.6 is 11.8 Å². The molecule has 0 amide bonds. The van der Waals surface area contributed by atoms with Crippen molar-refractivity contribution in [1.82, 2.24) is 4.98 Å². The number of nitrogen functional groups attached to an aromatic ring is 1. The first kappa shape index (κ1) is 15.4. The minimum atomic E-state index is -0.416. The first-order valence-electron chi connectivity index (χ1n) is 6.69. The van der Waals surface area contributed by atoms with Gasteiger partial charge in [-0.2, -0.15) is 0 Å². The Balaban J connectivity index is 2.31. The number of aromatic nitrogens is 1. The minimum absolute atomic E-state index is 0.320.